The first kappa shape index (κ1) is 9.76. The van der Waals surface area contributed by atoms with Gasteiger partial charge in [-0.2, -0.15) is 0 Å². The highest BCUT2D eigenvalue weighted by Crippen LogP contribution is 2.71. The molecule has 0 amide bonds. The van der Waals surface area contributed by atoms with E-state index in [0.29, 0.717) is 12.8 Å². The van der Waals surface area contributed by atoms with Crippen LogP contribution in [-0.2, 0) is 0 Å². The van der Waals surface area contributed by atoms with Crippen LogP contribution < -0.4 is 21.7 Å². The predicted octanol–water partition coefficient (Wildman–Crippen LogP) is -1.86. The predicted molar refractivity (Wildman–Crippen MR) is 55.5 cm³/mol. The molecule has 0 radical (unpaired) electrons. The largest absolute Gasteiger partial charge is 0.374 e. The van der Waals surface area contributed by atoms with Crippen LogP contribution in [0.4, 0.5) is 0 Å². The van der Waals surface area contributed by atoms with Crippen molar-refractivity contribution in [2.45, 2.75) is 50.2 Å². The third-order valence-electron chi connectivity index (χ3n) is 6.10. The van der Waals surface area contributed by atoms with E-state index in [0.717, 1.165) is 0 Å². The average molecular weight is 226 g/mol. The fourth-order valence-corrected chi connectivity index (χ4v) is 4.75. The molecule has 6 nitrogen and oxygen atoms in total. The van der Waals surface area contributed by atoms with Gasteiger partial charge in [0.15, 0.2) is 0 Å². The molecule has 0 aromatic rings. The summed E-state index contributed by atoms with van der Waals surface area (Å²) in [5, 5.41) is 21.4. The zero-order chi connectivity index (χ0) is 11.4. The fourth-order valence-electron chi connectivity index (χ4n) is 4.75. The van der Waals surface area contributed by atoms with Gasteiger partial charge in [0.1, 0.15) is 11.4 Å². The molecule has 6 atom stereocenters. The maximum absolute atomic E-state index is 10.7. The maximum atomic E-state index is 10.7. The molecule has 0 aromatic heterocycles. The Morgan fingerprint density at radius 2 is 1.25 bits per heavy atom. The Hall–Kier alpha value is -0.240. The molecule has 2 saturated carbocycles. The summed E-state index contributed by atoms with van der Waals surface area (Å²) in [6.45, 7) is 4.13. The number of aliphatic hydroxyl groups is 2. The van der Waals surface area contributed by atoms with E-state index in [1.165, 1.54) is 0 Å². The zero-order valence-electron chi connectivity index (χ0n) is 9.46. The molecule has 0 bridgehead atoms. The summed E-state index contributed by atoms with van der Waals surface area (Å²) < 4.78 is 0. The van der Waals surface area contributed by atoms with Crippen molar-refractivity contribution in [2.75, 3.05) is 0 Å². The Kier molecular flexibility index (Phi) is 1.33. The highest BCUT2D eigenvalue weighted by atomic mass is 16.3. The van der Waals surface area contributed by atoms with Gasteiger partial charge in [0.05, 0.1) is 0 Å². The number of rotatable bonds is 0. The van der Waals surface area contributed by atoms with Gasteiger partial charge in [0.2, 0.25) is 0 Å². The average Bonchev–Trinajstić information content (AvgIpc) is 2.75. The van der Waals surface area contributed by atoms with Crippen LogP contribution in [0.5, 0.6) is 0 Å². The van der Waals surface area contributed by atoms with Gasteiger partial charge in [-0.25, -0.2) is 10.9 Å². The van der Waals surface area contributed by atoms with Crippen molar-refractivity contribution in [1.29, 1.82) is 0 Å². The van der Waals surface area contributed by atoms with Crippen molar-refractivity contribution in [2.24, 2.45) is 10.8 Å². The van der Waals surface area contributed by atoms with Gasteiger partial charge in [0, 0.05) is 35.8 Å². The van der Waals surface area contributed by atoms with Crippen LogP contribution in [0.2, 0.25) is 0 Å². The molecule has 6 heteroatoms. The molecule has 2 aliphatic heterocycles. The highest BCUT2D eigenvalue weighted by molar-refractivity contribution is 5.33. The van der Waals surface area contributed by atoms with Crippen molar-refractivity contribution in [1.82, 2.24) is 21.7 Å². The quantitative estimate of drug-likeness (QED) is 0.290. The Labute approximate surface area is 93.7 Å². The number of hydrogen-bond acceptors (Lipinski definition) is 6. The molecule has 0 spiro atoms. The van der Waals surface area contributed by atoms with E-state index in [1.54, 1.807) is 0 Å². The van der Waals surface area contributed by atoms with Gasteiger partial charge in [-0.3, -0.25) is 10.9 Å². The molecule has 0 aromatic carbocycles. The van der Waals surface area contributed by atoms with E-state index in [-0.39, 0.29) is 22.9 Å². The molecule has 4 rings (SSSR count). The minimum Gasteiger partial charge on any atom is -0.374 e. The topological polar surface area (TPSA) is 88.6 Å². The molecular weight excluding hydrogens is 208 g/mol. The molecule has 2 saturated heterocycles. The number of hydrazine groups is 2. The fraction of sp³-hybridized carbons (Fsp3) is 1.00. The molecule has 16 heavy (non-hydrogen) atoms. The Morgan fingerprint density at radius 3 is 1.62 bits per heavy atom. The maximum Gasteiger partial charge on any atom is 0.137 e. The lowest BCUT2D eigenvalue weighted by Gasteiger charge is -2.43. The molecule has 2 aliphatic carbocycles. The number of nitrogens with one attached hydrogen (secondary N) is 4. The Balaban J connectivity index is 2.00. The SMILES string of the molecule is C[C@]12[C@H]3C[C@]4(O)NN[C@H](C[C@]1(O)NN3)[C@]24C. The van der Waals surface area contributed by atoms with Crippen molar-refractivity contribution in [3.63, 3.8) is 0 Å². The molecular formula is C10H18N4O2. The lowest BCUT2D eigenvalue weighted by Crippen LogP contribution is -2.58. The van der Waals surface area contributed by atoms with E-state index >= 15 is 0 Å². The Morgan fingerprint density at radius 1 is 0.875 bits per heavy atom. The Bertz CT molecular complexity index is 357. The van der Waals surface area contributed by atoms with Crippen LogP contribution in [0.3, 0.4) is 0 Å². The van der Waals surface area contributed by atoms with Crippen molar-refractivity contribution in [3.05, 3.63) is 0 Å². The summed E-state index contributed by atoms with van der Waals surface area (Å²) >= 11 is 0. The highest BCUT2D eigenvalue weighted by Gasteiger charge is 2.84. The van der Waals surface area contributed by atoms with Gasteiger partial charge < -0.3 is 10.2 Å². The van der Waals surface area contributed by atoms with E-state index < -0.39 is 11.4 Å². The third-order valence-corrected chi connectivity index (χ3v) is 6.10. The molecule has 6 N–H and O–H groups in total. The molecule has 90 valence electrons. The van der Waals surface area contributed by atoms with Crippen LogP contribution >= 0.6 is 0 Å². The minimum absolute atomic E-state index is 0.0899. The smallest absolute Gasteiger partial charge is 0.137 e. The van der Waals surface area contributed by atoms with Gasteiger partial charge in [0.25, 0.3) is 0 Å². The van der Waals surface area contributed by atoms with E-state index in [1.807, 2.05) is 0 Å². The summed E-state index contributed by atoms with van der Waals surface area (Å²) in [7, 11) is 0. The first-order chi connectivity index (χ1) is 7.37. The van der Waals surface area contributed by atoms with Crippen molar-refractivity contribution >= 4 is 0 Å². The van der Waals surface area contributed by atoms with Crippen LogP contribution in [0.15, 0.2) is 0 Å². The lowest BCUT2D eigenvalue weighted by atomic mass is 9.64. The van der Waals surface area contributed by atoms with Crippen LogP contribution in [-0.4, -0.2) is 33.7 Å². The van der Waals surface area contributed by atoms with E-state index in [9.17, 15) is 10.2 Å². The van der Waals surface area contributed by atoms with Crippen molar-refractivity contribution < 1.29 is 10.2 Å². The first-order valence-electron chi connectivity index (χ1n) is 5.88. The number of hydrogen-bond donors (Lipinski definition) is 6. The summed E-state index contributed by atoms with van der Waals surface area (Å²) in [4.78, 5) is 0. The monoisotopic (exact) mass is 226 g/mol. The normalized spacial score (nSPS) is 71.2. The van der Waals surface area contributed by atoms with Crippen molar-refractivity contribution in [3.8, 4) is 0 Å². The summed E-state index contributed by atoms with van der Waals surface area (Å²) in [5.41, 5.74) is 9.72. The van der Waals surface area contributed by atoms with Crippen LogP contribution in [0.1, 0.15) is 26.7 Å². The van der Waals surface area contributed by atoms with Gasteiger partial charge >= 0.3 is 0 Å². The second kappa shape index (κ2) is 2.19. The minimum atomic E-state index is -0.934. The summed E-state index contributed by atoms with van der Waals surface area (Å²) in [5.74, 6) is 0. The van der Waals surface area contributed by atoms with Crippen LogP contribution in [0, 0.1) is 10.8 Å². The standard InChI is InChI=1S/C10H18N4O2/c1-7-5-3-10(16)8(7,2)6(12-14-10)4-9(7,15)13-11-5/h5-6,11-16H,3-4H2,1-2H3/t5-,6-,7-,8-,9-,10-/m1/s1. The third kappa shape index (κ3) is 0.607. The summed E-state index contributed by atoms with van der Waals surface area (Å²) in [6, 6.07) is 0.180. The molecule has 2 heterocycles. The molecule has 0 unspecified atom stereocenters. The molecule has 4 fully saturated rings. The lowest BCUT2D eigenvalue weighted by molar-refractivity contribution is -0.128. The van der Waals surface area contributed by atoms with Gasteiger partial charge in [-0.05, 0) is 0 Å². The zero-order valence-corrected chi connectivity index (χ0v) is 9.46. The second-order valence-corrected chi connectivity index (χ2v) is 6.18. The van der Waals surface area contributed by atoms with Gasteiger partial charge in [-0.1, -0.05) is 13.8 Å². The van der Waals surface area contributed by atoms with Gasteiger partial charge in [-0.15, -0.1) is 0 Å². The second-order valence-electron chi connectivity index (χ2n) is 6.18. The van der Waals surface area contributed by atoms with E-state index in [4.69, 9.17) is 0 Å². The summed E-state index contributed by atoms with van der Waals surface area (Å²) in [6.07, 6.45) is 1.19. The van der Waals surface area contributed by atoms with Crippen LogP contribution in [0.25, 0.3) is 0 Å². The van der Waals surface area contributed by atoms with E-state index in [2.05, 4.69) is 35.6 Å². The molecule has 4 aliphatic rings. The first-order valence-corrected chi connectivity index (χ1v) is 5.88.